The van der Waals surface area contributed by atoms with Crippen LogP contribution < -0.4 is 11.1 Å². The van der Waals surface area contributed by atoms with E-state index >= 15 is 0 Å². The van der Waals surface area contributed by atoms with Gasteiger partial charge in [0, 0.05) is 5.69 Å². The van der Waals surface area contributed by atoms with Gasteiger partial charge in [0.05, 0.1) is 5.56 Å². The maximum Gasteiger partial charge on any atom is 0.335 e. The number of nitrogens with two attached hydrogens (primary N) is 1. The summed E-state index contributed by atoms with van der Waals surface area (Å²) in [6.07, 6.45) is 0. The first-order valence-corrected chi connectivity index (χ1v) is 4.89. The van der Waals surface area contributed by atoms with E-state index in [4.69, 9.17) is 10.8 Å². The van der Waals surface area contributed by atoms with Crippen LogP contribution in [0.4, 0.5) is 11.6 Å². The molecule has 0 atom stereocenters. The minimum absolute atomic E-state index is 0.0187. The van der Waals surface area contributed by atoms with Crippen LogP contribution in [0, 0.1) is 0 Å². The van der Waals surface area contributed by atoms with Gasteiger partial charge in [-0.25, -0.2) is 4.79 Å². The largest absolute Gasteiger partial charge is 0.478 e. The van der Waals surface area contributed by atoms with E-state index in [1.165, 1.54) is 24.3 Å². The van der Waals surface area contributed by atoms with Crippen molar-refractivity contribution in [1.29, 1.82) is 0 Å². The summed E-state index contributed by atoms with van der Waals surface area (Å²) in [4.78, 5) is 25.9. The van der Waals surface area contributed by atoms with Crippen LogP contribution in [-0.2, 0) is 0 Å². The van der Waals surface area contributed by atoms with Crippen molar-refractivity contribution in [2.24, 2.45) is 0 Å². The number of carbonyl (C=O) groups excluding carboxylic acids is 1. The number of carboxylic acid groups (broad SMARTS) is 1. The average Bonchev–Trinajstić information content (AvgIpc) is 2.76. The Morgan fingerprint density at radius 2 is 1.94 bits per heavy atom. The Labute approximate surface area is 101 Å². The number of aromatic amines is 1. The molecule has 2 aromatic rings. The molecule has 5 N–H and O–H groups in total. The van der Waals surface area contributed by atoms with Crippen molar-refractivity contribution in [2.75, 3.05) is 11.1 Å². The smallest absolute Gasteiger partial charge is 0.335 e. The molecule has 0 unspecified atom stereocenters. The second-order valence-electron chi connectivity index (χ2n) is 3.38. The summed E-state index contributed by atoms with van der Waals surface area (Å²) >= 11 is 0. The number of hydrogen-bond donors (Lipinski definition) is 4. The molecule has 2 rings (SSSR count). The number of carboxylic acids is 1. The van der Waals surface area contributed by atoms with E-state index in [1.54, 1.807) is 0 Å². The topological polar surface area (TPSA) is 134 Å². The van der Waals surface area contributed by atoms with Crippen LogP contribution in [0.25, 0.3) is 0 Å². The number of nitrogen functional groups attached to an aromatic ring is 1. The van der Waals surface area contributed by atoms with E-state index < -0.39 is 11.9 Å². The van der Waals surface area contributed by atoms with Crippen molar-refractivity contribution in [3.8, 4) is 0 Å². The van der Waals surface area contributed by atoms with Crippen molar-refractivity contribution in [2.45, 2.75) is 0 Å². The van der Waals surface area contributed by atoms with Crippen LogP contribution in [0.2, 0.25) is 0 Å². The van der Waals surface area contributed by atoms with E-state index in [9.17, 15) is 9.59 Å². The number of carbonyl (C=O) groups is 2. The highest BCUT2D eigenvalue weighted by molar-refractivity contribution is 6.01. The first-order valence-electron chi connectivity index (χ1n) is 4.89. The molecule has 0 spiro atoms. The molecule has 0 saturated carbocycles. The molecule has 8 nitrogen and oxygen atoms in total. The van der Waals surface area contributed by atoms with Crippen molar-refractivity contribution in [3.05, 3.63) is 35.7 Å². The molecular formula is C10H9N5O3. The van der Waals surface area contributed by atoms with Gasteiger partial charge in [0.2, 0.25) is 11.8 Å². The summed E-state index contributed by atoms with van der Waals surface area (Å²) in [6.45, 7) is 0. The summed E-state index contributed by atoms with van der Waals surface area (Å²) in [5.74, 6) is -1.59. The average molecular weight is 247 g/mol. The molecule has 1 heterocycles. The molecule has 0 saturated heterocycles. The molecule has 0 radical (unpaired) electrons. The molecule has 0 fully saturated rings. The number of nitrogens with one attached hydrogen (secondary N) is 2. The predicted molar refractivity (Wildman–Crippen MR) is 62.1 cm³/mol. The highest BCUT2D eigenvalue weighted by Gasteiger charge is 2.11. The Morgan fingerprint density at radius 1 is 1.28 bits per heavy atom. The minimum Gasteiger partial charge on any atom is -0.478 e. The van der Waals surface area contributed by atoms with Crippen LogP contribution in [0.3, 0.4) is 0 Å². The van der Waals surface area contributed by atoms with Crippen molar-refractivity contribution < 1.29 is 14.7 Å². The normalized spacial score (nSPS) is 10.0. The molecule has 8 heteroatoms. The van der Waals surface area contributed by atoms with E-state index in [-0.39, 0.29) is 17.3 Å². The Morgan fingerprint density at radius 3 is 2.44 bits per heavy atom. The number of aromatic carboxylic acids is 1. The van der Waals surface area contributed by atoms with Crippen LogP contribution >= 0.6 is 0 Å². The predicted octanol–water partition coefficient (Wildman–Crippen LogP) is 0.337. The summed E-state index contributed by atoms with van der Waals surface area (Å²) in [5, 5.41) is 17.1. The summed E-state index contributed by atoms with van der Waals surface area (Å²) in [5.41, 5.74) is 5.84. The number of H-pyrrole nitrogens is 1. The van der Waals surface area contributed by atoms with E-state index in [0.717, 1.165) is 0 Å². The lowest BCUT2D eigenvalue weighted by Crippen LogP contribution is -2.14. The van der Waals surface area contributed by atoms with Crippen LogP contribution in [0.5, 0.6) is 0 Å². The number of benzene rings is 1. The number of amides is 1. The molecule has 1 aromatic heterocycles. The van der Waals surface area contributed by atoms with Gasteiger partial charge in [-0.15, -0.1) is 5.10 Å². The third kappa shape index (κ3) is 2.43. The van der Waals surface area contributed by atoms with Crippen molar-refractivity contribution in [3.63, 3.8) is 0 Å². The molecule has 18 heavy (non-hydrogen) atoms. The molecular weight excluding hydrogens is 238 g/mol. The summed E-state index contributed by atoms with van der Waals surface area (Å²) < 4.78 is 0. The lowest BCUT2D eigenvalue weighted by atomic mass is 10.2. The molecule has 92 valence electrons. The molecule has 1 aromatic carbocycles. The molecule has 0 aliphatic heterocycles. The zero-order valence-corrected chi connectivity index (χ0v) is 9.04. The first-order chi connectivity index (χ1) is 8.56. The Kier molecular flexibility index (Phi) is 2.92. The molecule has 0 aliphatic rings. The van der Waals surface area contributed by atoms with Crippen LogP contribution in [0.15, 0.2) is 24.3 Å². The van der Waals surface area contributed by atoms with Gasteiger partial charge >= 0.3 is 5.97 Å². The Bertz CT molecular complexity index is 590. The fourth-order valence-electron chi connectivity index (χ4n) is 1.26. The van der Waals surface area contributed by atoms with E-state index in [2.05, 4.69) is 20.5 Å². The van der Waals surface area contributed by atoms with Gasteiger partial charge < -0.3 is 16.2 Å². The third-order valence-electron chi connectivity index (χ3n) is 2.11. The fraction of sp³-hybridized carbons (Fsp3) is 0. The van der Waals surface area contributed by atoms with Gasteiger partial charge in [0.25, 0.3) is 5.91 Å². The van der Waals surface area contributed by atoms with Gasteiger partial charge in [-0.05, 0) is 24.3 Å². The Balaban J connectivity index is 2.10. The summed E-state index contributed by atoms with van der Waals surface area (Å²) in [7, 11) is 0. The number of aromatic nitrogens is 3. The number of nitrogens with zero attached hydrogens (tertiary/aromatic N) is 2. The number of anilines is 2. The van der Waals surface area contributed by atoms with E-state index in [0.29, 0.717) is 5.69 Å². The highest BCUT2D eigenvalue weighted by Crippen LogP contribution is 2.10. The number of hydrogen-bond acceptors (Lipinski definition) is 5. The van der Waals surface area contributed by atoms with Gasteiger partial charge in [0.15, 0.2) is 0 Å². The van der Waals surface area contributed by atoms with Gasteiger partial charge in [-0.3, -0.25) is 9.89 Å². The van der Waals surface area contributed by atoms with Crippen LogP contribution in [0.1, 0.15) is 21.0 Å². The standard InChI is InChI=1S/C10H9N5O3/c11-10-13-7(14-15-10)8(16)12-6-3-1-5(2-4-6)9(17)18/h1-4H,(H,12,16)(H,17,18)(H3,11,13,14,15). The van der Waals surface area contributed by atoms with Crippen molar-refractivity contribution in [1.82, 2.24) is 15.2 Å². The maximum atomic E-state index is 11.6. The quantitative estimate of drug-likeness (QED) is 0.617. The maximum absolute atomic E-state index is 11.6. The van der Waals surface area contributed by atoms with Crippen molar-refractivity contribution >= 4 is 23.5 Å². The second kappa shape index (κ2) is 4.53. The van der Waals surface area contributed by atoms with Gasteiger partial charge in [0.1, 0.15) is 0 Å². The fourth-order valence-corrected chi connectivity index (χ4v) is 1.26. The minimum atomic E-state index is -1.03. The SMILES string of the molecule is Nc1n[nH]c(C(=O)Nc2ccc(C(=O)O)cc2)n1. The highest BCUT2D eigenvalue weighted by atomic mass is 16.4. The van der Waals surface area contributed by atoms with Crippen LogP contribution in [-0.4, -0.2) is 32.2 Å². The first kappa shape index (κ1) is 11.6. The third-order valence-corrected chi connectivity index (χ3v) is 2.11. The lowest BCUT2D eigenvalue weighted by molar-refractivity contribution is 0.0696. The monoisotopic (exact) mass is 247 g/mol. The number of rotatable bonds is 3. The van der Waals surface area contributed by atoms with E-state index in [1.807, 2.05) is 0 Å². The molecule has 0 bridgehead atoms. The second-order valence-corrected chi connectivity index (χ2v) is 3.38. The van der Waals surface area contributed by atoms with Gasteiger partial charge in [-0.1, -0.05) is 0 Å². The Hall–Kier alpha value is -2.90. The zero-order chi connectivity index (χ0) is 13.1. The summed E-state index contributed by atoms with van der Waals surface area (Å²) in [6, 6.07) is 5.71. The molecule has 0 aliphatic carbocycles. The molecule has 1 amide bonds. The zero-order valence-electron chi connectivity index (χ0n) is 9.04. The lowest BCUT2D eigenvalue weighted by Gasteiger charge is -2.02. The van der Waals surface area contributed by atoms with Gasteiger partial charge in [-0.2, -0.15) is 4.98 Å².